The molecule has 0 atom stereocenters. The van der Waals surface area contributed by atoms with E-state index in [1.165, 1.54) is 0 Å². The molecule has 3 aromatic rings. The summed E-state index contributed by atoms with van der Waals surface area (Å²) >= 11 is 0. The van der Waals surface area contributed by atoms with Crippen molar-refractivity contribution < 1.29 is 9.53 Å². The zero-order valence-corrected chi connectivity index (χ0v) is 15.3. The van der Waals surface area contributed by atoms with E-state index in [-0.39, 0.29) is 17.9 Å². The van der Waals surface area contributed by atoms with Crippen molar-refractivity contribution in [3.8, 4) is 11.8 Å². The summed E-state index contributed by atoms with van der Waals surface area (Å²) in [5.41, 5.74) is 1.84. The molecule has 3 rings (SSSR count). The Balaban J connectivity index is 1.80. The van der Waals surface area contributed by atoms with E-state index in [0.717, 1.165) is 16.5 Å². The van der Waals surface area contributed by atoms with Crippen molar-refractivity contribution in [1.82, 2.24) is 4.57 Å². The summed E-state index contributed by atoms with van der Waals surface area (Å²) in [6, 6.07) is 17.6. The second-order valence-corrected chi connectivity index (χ2v) is 6.14. The molecule has 0 aliphatic heterocycles. The van der Waals surface area contributed by atoms with Crippen molar-refractivity contribution in [2.75, 3.05) is 6.61 Å². The fourth-order valence-electron chi connectivity index (χ4n) is 2.82. The van der Waals surface area contributed by atoms with Crippen LogP contribution in [0.5, 0.6) is 0 Å². The van der Waals surface area contributed by atoms with Crippen LogP contribution in [0.3, 0.4) is 0 Å². The first kappa shape index (κ1) is 18.5. The number of esters is 1. The Hall–Kier alpha value is -3.32. The number of fused-ring (bicyclic) bond motifs is 1. The van der Waals surface area contributed by atoms with Crippen LogP contribution in [0, 0.1) is 11.8 Å². The highest BCUT2D eigenvalue weighted by Crippen LogP contribution is 2.12. The standard InChI is InChI=1S/C23H21NO3/c1-2-27-22(25)14-16-24-15-13-20-12-11-19(17-21(20)23(24)26)10-6-9-18-7-4-3-5-8-18/h3-5,7-8,11-13,15,17H,2,9,14,16H2,1H3. The molecule has 0 radical (unpaired) electrons. The predicted octanol–water partition coefficient (Wildman–Crippen LogP) is 3.55. The van der Waals surface area contributed by atoms with Gasteiger partial charge in [-0.25, -0.2) is 0 Å². The molecule has 0 unspecified atom stereocenters. The molecule has 0 saturated carbocycles. The molecule has 4 heteroatoms. The topological polar surface area (TPSA) is 48.3 Å². The van der Waals surface area contributed by atoms with Crippen molar-refractivity contribution in [1.29, 1.82) is 0 Å². The van der Waals surface area contributed by atoms with Crippen LogP contribution in [0.4, 0.5) is 0 Å². The van der Waals surface area contributed by atoms with Crippen LogP contribution in [0.25, 0.3) is 10.8 Å². The van der Waals surface area contributed by atoms with Gasteiger partial charge in [0.25, 0.3) is 5.56 Å². The van der Waals surface area contributed by atoms with Gasteiger partial charge in [0.05, 0.1) is 13.0 Å². The molecular formula is C23H21NO3. The second kappa shape index (κ2) is 8.86. The molecule has 0 fully saturated rings. The molecule has 2 aromatic carbocycles. The summed E-state index contributed by atoms with van der Waals surface area (Å²) in [7, 11) is 0. The van der Waals surface area contributed by atoms with Crippen LogP contribution in [0.2, 0.25) is 0 Å². The zero-order valence-electron chi connectivity index (χ0n) is 15.3. The van der Waals surface area contributed by atoms with E-state index in [1.54, 1.807) is 17.7 Å². The lowest BCUT2D eigenvalue weighted by molar-refractivity contribution is -0.143. The van der Waals surface area contributed by atoms with E-state index >= 15 is 0 Å². The van der Waals surface area contributed by atoms with Crippen LogP contribution in [0.1, 0.15) is 24.5 Å². The van der Waals surface area contributed by atoms with Gasteiger partial charge in [-0.2, -0.15) is 0 Å². The first-order chi connectivity index (χ1) is 13.2. The molecule has 0 aliphatic rings. The Bertz CT molecular complexity index is 1060. The summed E-state index contributed by atoms with van der Waals surface area (Å²) in [6.07, 6.45) is 2.55. The molecule has 27 heavy (non-hydrogen) atoms. The Morgan fingerprint density at radius 1 is 1.11 bits per heavy atom. The molecule has 0 aliphatic carbocycles. The van der Waals surface area contributed by atoms with Gasteiger partial charge in [-0.15, -0.1) is 0 Å². The Morgan fingerprint density at radius 3 is 2.70 bits per heavy atom. The highest BCUT2D eigenvalue weighted by atomic mass is 16.5. The third-order valence-electron chi connectivity index (χ3n) is 4.21. The minimum Gasteiger partial charge on any atom is -0.466 e. The van der Waals surface area contributed by atoms with Crippen molar-refractivity contribution in [3.63, 3.8) is 0 Å². The van der Waals surface area contributed by atoms with Gasteiger partial charge in [-0.1, -0.05) is 48.2 Å². The molecule has 0 N–H and O–H groups in total. The number of aryl methyl sites for hydroxylation is 1. The molecule has 0 bridgehead atoms. The van der Waals surface area contributed by atoms with Crippen LogP contribution in [0.15, 0.2) is 65.6 Å². The van der Waals surface area contributed by atoms with E-state index in [0.29, 0.717) is 25.0 Å². The molecule has 4 nitrogen and oxygen atoms in total. The van der Waals surface area contributed by atoms with Gasteiger partial charge in [0.15, 0.2) is 0 Å². The van der Waals surface area contributed by atoms with Gasteiger partial charge in [0.2, 0.25) is 0 Å². The van der Waals surface area contributed by atoms with Gasteiger partial charge in [-0.05, 0) is 36.1 Å². The van der Waals surface area contributed by atoms with Crippen molar-refractivity contribution in [2.45, 2.75) is 26.3 Å². The third-order valence-corrected chi connectivity index (χ3v) is 4.21. The Labute approximate surface area is 158 Å². The van der Waals surface area contributed by atoms with Gasteiger partial charge >= 0.3 is 5.97 Å². The summed E-state index contributed by atoms with van der Waals surface area (Å²) in [5.74, 6) is 5.98. The molecule has 0 spiro atoms. The van der Waals surface area contributed by atoms with Crippen LogP contribution >= 0.6 is 0 Å². The summed E-state index contributed by atoms with van der Waals surface area (Å²) < 4.78 is 6.46. The van der Waals surface area contributed by atoms with Crippen LogP contribution in [-0.4, -0.2) is 17.1 Å². The van der Waals surface area contributed by atoms with E-state index in [9.17, 15) is 9.59 Å². The Kier molecular flexibility index (Phi) is 6.06. The monoisotopic (exact) mass is 359 g/mol. The molecular weight excluding hydrogens is 338 g/mol. The lowest BCUT2D eigenvalue weighted by Gasteiger charge is -2.07. The van der Waals surface area contributed by atoms with Crippen LogP contribution < -0.4 is 5.56 Å². The number of hydrogen-bond acceptors (Lipinski definition) is 3. The number of hydrogen-bond donors (Lipinski definition) is 0. The fourth-order valence-corrected chi connectivity index (χ4v) is 2.82. The molecule has 0 saturated heterocycles. The third kappa shape index (κ3) is 4.86. The Morgan fingerprint density at radius 2 is 1.93 bits per heavy atom. The number of benzene rings is 2. The molecule has 0 amide bonds. The molecule has 136 valence electrons. The smallest absolute Gasteiger partial charge is 0.307 e. The maximum Gasteiger partial charge on any atom is 0.307 e. The number of ether oxygens (including phenoxy) is 1. The minimum atomic E-state index is -0.301. The summed E-state index contributed by atoms with van der Waals surface area (Å²) in [4.78, 5) is 24.2. The maximum absolute atomic E-state index is 12.7. The highest BCUT2D eigenvalue weighted by molar-refractivity contribution is 5.82. The van der Waals surface area contributed by atoms with Crippen molar-refractivity contribution >= 4 is 16.7 Å². The highest BCUT2D eigenvalue weighted by Gasteiger charge is 2.06. The number of nitrogens with zero attached hydrogens (tertiary/aromatic N) is 1. The van der Waals surface area contributed by atoms with E-state index in [2.05, 4.69) is 11.8 Å². The molecule has 1 heterocycles. The second-order valence-electron chi connectivity index (χ2n) is 6.14. The minimum absolute atomic E-state index is 0.122. The van der Waals surface area contributed by atoms with Gasteiger partial charge < -0.3 is 9.30 Å². The normalized spacial score (nSPS) is 10.3. The number of carbonyl (C=O) groups excluding carboxylic acids is 1. The van der Waals surface area contributed by atoms with Crippen molar-refractivity contribution in [3.05, 3.63) is 82.3 Å². The number of pyridine rings is 1. The quantitative estimate of drug-likeness (QED) is 0.517. The first-order valence-electron chi connectivity index (χ1n) is 8.99. The first-order valence-corrected chi connectivity index (χ1v) is 8.99. The number of rotatable bonds is 5. The average molecular weight is 359 g/mol. The fraction of sp³-hybridized carbons (Fsp3) is 0.217. The number of carbonyl (C=O) groups is 1. The lowest BCUT2D eigenvalue weighted by atomic mass is 10.1. The van der Waals surface area contributed by atoms with Gasteiger partial charge in [-0.3, -0.25) is 9.59 Å². The van der Waals surface area contributed by atoms with Gasteiger partial charge in [0.1, 0.15) is 0 Å². The van der Waals surface area contributed by atoms with Gasteiger partial charge in [0, 0.05) is 30.1 Å². The van der Waals surface area contributed by atoms with E-state index in [1.807, 2.05) is 54.6 Å². The molecule has 1 aromatic heterocycles. The predicted molar refractivity (Wildman–Crippen MR) is 106 cm³/mol. The lowest BCUT2D eigenvalue weighted by Crippen LogP contribution is -2.21. The average Bonchev–Trinajstić information content (AvgIpc) is 2.69. The zero-order chi connectivity index (χ0) is 19.1. The van der Waals surface area contributed by atoms with E-state index in [4.69, 9.17) is 4.74 Å². The van der Waals surface area contributed by atoms with Crippen LogP contribution in [-0.2, 0) is 22.5 Å². The maximum atomic E-state index is 12.7. The summed E-state index contributed by atoms with van der Waals surface area (Å²) in [5, 5.41) is 1.47. The van der Waals surface area contributed by atoms with E-state index < -0.39 is 0 Å². The summed E-state index contributed by atoms with van der Waals surface area (Å²) in [6.45, 7) is 2.41. The van der Waals surface area contributed by atoms with Crippen molar-refractivity contribution in [2.24, 2.45) is 0 Å². The SMILES string of the molecule is CCOC(=O)CCn1ccc2ccc(C#CCc3ccccc3)cc2c1=O. The largest absolute Gasteiger partial charge is 0.466 e. The number of aromatic nitrogens is 1.